The lowest BCUT2D eigenvalue weighted by Gasteiger charge is -2.15. The third-order valence-corrected chi connectivity index (χ3v) is 5.61. The number of carbonyl (C=O) groups excluding carboxylic acids is 2. The summed E-state index contributed by atoms with van der Waals surface area (Å²) in [5, 5.41) is 25.9. The lowest BCUT2D eigenvalue weighted by Crippen LogP contribution is -2.21. The zero-order valence-electron chi connectivity index (χ0n) is 21.4. The van der Waals surface area contributed by atoms with Gasteiger partial charge in [-0.2, -0.15) is 5.26 Å². The highest BCUT2D eigenvalue weighted by atomic mass is 35.5. The quantitative estimate of drug-likeness (QED) is 0.140. The largest absolute Gasteiger partial charge is 0.490 e. The van der Waals surface area contributed by atoms with Gasteiger partial charge in [0.25, 0.3) is 17.5 Å². The Balaban J connectivity index is 1.78. The molecule has 2 amide bonds. The van der Waals surface area contributed by atoms with Crippen molar-refractivity contribution in [3.8, 4) is 17.6 Å². The molecule has 200 valence electrons. The van der Waals surface area contributed by atoms with Crippen molar-refractivity contribution in [3.63, 3.8) is 0 Å². The number of nitro benzene ring substituents is 1. The molecule has 0 unspecified atom stereocenters. The van der Waals surface area contributed by atoms with Crippen LogP contribution in [-0.2, 0) is 9.59 Å². The van der Waals surface area contributed by atoms with Crippen LogP contribution in [0.2, 0.25) is 5.02 Å². The minimum Gasteiger partial charge on any atom is -0.490 e. The van der Waals surface area contributed by atoms with Gasteiger partial charge in [0.15, 0.2) is 18.1 Å². The number of ether oxygens (including phenoxy) is 2. The van der Waals surface area contributed by atoms with Crippen LogP contribution in [0, 0.1) is 35.3 Å². The highest BCUT2D eigenvalue weighted by molar-refractivity contribution is 6.32. The van der Waals surface area contributed by atoms with E-state index in [2.05, 4.69) is 10.6 Å². The van der Waals surface area contributed by atoms with Crippen LogP contribution in [-0.4, -0.2) is 30.0 Å². The smallest absolute Gasteiger partial charge is 0.271 e. The minimum atomic E-state index is -0.768. The van der Waals surface area contributed by atoms with E-state index in [1.165, 1.54) is 42.5 Å². The van der Waals surface area contributed by atoms with Gasteiger partial charge in [0.2, 0.25) is 0 Å². The predicted molar refractivity (Wildman–Crippen MR) is 148 cm³/mol. The van der Waals surface area contributed by atoms with Crippen LogP contribution in [0.1, 0.15) is 23.6 Å². The van der Waals surface area contributed by atoms with E-state index in [1.807, 2.05) is 38.1 Å². The average molecular weight is 549 g/mol. The zero-order chi connectivity index (χ0) is 28.5. The summed E-state index contributed by atoms with van der Waals surface area (Å²) in [5.74, 6) is -0.817. The maximum atomic E-state index is 12.7. The van der Waals surface area contributed by atoms with Crippen molar-refractivity contribution in [1.29, 1.82) is 5.26 Å². The number of benzene rings is 3. The molecule has 0 radical (unpaired) electrons. The fourth-order valence-electron chi connectivity index (χ4n) is 3.56. The molecule has 3 aromatic carbocycles. The maximum absolute atomic E-state index is 12.7. The van der Waals surface area contributed by atoms with Crippen LogP contribution < -0.4 is 20.1 Å². The second-order valence-electron chi connectivity index (χ2n) is 8.35. The molecule has 11 heteroatoms. The molecular formula is C28H25ClN4O6. The van der Waals surface area contributed by atoms with Gasteiger partial charge in [0.1, 0.15) is 11.6 Å². The molecule has 0 bridgehead atoms. The van der Waals surface area contributed by atoms with Crippen molar-refractivity contribution in [2.24, 2.45) is 0 Å². The fourth-order valence-corrected chi connectivity index (χ4v) is 3.84. The predicted octanol–water partition coefficient (Wildman–Crippen LogP) is 5.83. The second kappa shape index (κ2) is 13.1. The Morgan fingerprint density at radius 1 is 1.10 bits per heavy atom. The molecule has 0 fully saturated rings. The number of amides is 2. The molecule has 0 atom stereocenters. The van der Waals surface area contributed by atoms with E-state index >= 15 is 0 Å². The van der Waals surface area contributed by atoms with Crippen LogP contribution in [0.4, 0.5) is 17.1 Å². The molecule has 10 nitrogen and oxygen atoms in total. The molecule has 0 aliphatic rings. The lowest BCUT2D eigenvalue weighted by molar-refractivity contribution is -0.384. The number of aryl methyl sites for hydroxylation is 2. The number of nitrogens with zero attached hydrogens (tertiary/aromatic N) is 2. The first-order valence-corrected chi connectivity index (χ1v) is 12.1. The maximum Gasteiger partial charge on any atom is 0.271 e. The standard InChI is InChI=1S/C28H25ClN4O6/c1-4-38-25-13-19(11-20(15-30)28(35)31-21-6-5-7-22(14-21)33(36)37)12-23(29)27(25)39-16-26(34)32-24-9-8-17(2)10-18(24)3/h5-14H,4,16H2,1-3H3,(H,31,35)(H,32,34)/b20-11-. The van der Waals surface area contributed by atoms with Gasteiger partial charge in [-0.05, 0) is 62.2 Å². The summed E-state index contributed by atoms with van der Waals surface area (Å²) in [6.45, 7) is 5.52. The number of nitrogens with one attached hydrogen (secondary N) is 2. The monoisotopic (exact) mass is 548 g/mol. The molecule has 0 spiro atoms. The number of nitriles is 1. The van der Waals surface area contributed by atoms with Crippen molar-refractivity contribution in [1.82, 2.24) is 0 Å². The Labute approximate surface area is 230 Å². The zero-order valence-corrected chi connectivity index (χ0v) is 22.2. The van der Waals surface area contributed by atoms with Gasteiger partial charge in [-0.1, -0.05) is 35.4 Å². The van der Waals surface area contributed by atoms with E-state index in [1.54, 1.807) is 6.92 Å². The number of carbonyl (C=O) groups is 2. The number of anilines is 2. The molecule has 0 heterocycles. The van der Waals surface area contributed by atoms with Crippen LogP contribution in [0.15, 0.2) is 60.2 Å². The van der Waals surface area contributed by atoms with Gasteiger partial charge in [-0.3, -0.25) is 19.7 Å². The Kier molecular flexibility index (Phi) is 9.62. The molecule has 2 N–H and O–H groups in total. The number of non-ortho nitro benzene ring substituents is 1. The first kappa shape index (κ1) is 28.7. The molecule has 0 aliphatic carbocycles. The van der Waals surface area contributed by atoms with Gasteiger partial charge >= 0.3 is 0 Å². The summed E-state index contributed by atoms with van der Waals surface area (Å²) in [7, 11) is 0. The number of nitro groups is 1. The van der Waals surface area contributed by atoms with Crippen LogP contribution >= 0.6 is 11.6 Å². The van der Waals surface area contributed by atoms with Crippen LogP contribution in [0.5, 0.6) is 11.5 Å². The summed E-state index contributed by atoms with van der Waals surface area (Å²) in [6, 6.07) is 15.8. The van der Waals surface area contributed by atoms with E-state index in [0.29, 0.717) is 11.3 Å². The van der Waals surface area contributed by atoms with Crippen molar-refractivity contribution >= 4 is 46.6 Å². The number of hydrogen-bond acceptors (Lipinski definition) is 7. The fraction of sp³-hybridized carbons (Fsp3) is 0.179. The van der Waals surface area contributed by atoms with Crippen molar-refractivity contribution in [2.75, 3.05) is 23.8 Å². The highest BCUT2D eigenvalue weighted by Gasteiger charge is 2.17. The summed E-state index contributed by atoms with van der Waals surface area (Å²) in [6.07, 6.45) is 1.29. The Bertz CT molecular complexity index is 1500. The Hall–Kier alpha value is -4.88. The topological polar surface area (TPSA) is 144 Å². The normalized spacial score (nSPS) is 10.8. The van der Waals surface area contributed by atoms with Crippen LogP contribution in [0.3, 0.4) is 0 Å². The third kappa shape index (κ3) is 7.80. The van der Waals surface area contributed by atoms with Gasteiger partial charge < -0.3 is 20.1 Å². The molecular weight excluding hydrogens is 524 g/mol. The number of halogens is 1. The SMILES string of the molecule is CCOc1cc(/C=C(/C#N)C(=O)Nc2cccc([N+](=O)[O-])c2)cc(Cl)c1OCC(=O)Nc1ccc(C)cc1C. The van der Waals surface area contributed by atoms with Gasteiger partial charge in [-0.15, -0.1) is 0 Å². The first-order chi connectivity index (χ1) is 18.6. The van der Waals surface area contributed by atoms with E-state index in [-0.39, 0.29) is 46.7 Å². The average Bonchev–Trinajstić information content (AvgIpc) is 2.88. The summed E-state index contributed by atoms with van der Waals surface area (Å²) < 4.78 is 11.3. The Morgan fingerprint density at radius 2 is 1.87 bits per heavy atom. The van der Waals surface area contributed by atoms with E-state index in [0.717, 1.165) is 11.1 Å². The van der Waals surface area contributed by atoms with Gasteiger partial charge in [-0.25, -0.2) is 0 Å². The molecule has 0 saturated carbocycles. The van der Waals surface area contributed by atoms with Crippen LogP contribution in [0.25, 0.3) is 6.08 Å². The third-order valence-electron chi connectivity index (χ3n) is 5.33. The molecule has 0 aromatic heterocycles. The molecule has 3 rings (SSSR count). The van der Waals surface area contributed by atoms with Crippen molar-refractivity contribution < 1.29 is 24.0 Å². The molecule has 0 aliphatic heterocycles. The summed E-state index contributed by atoms with van der Waals surface area (Å²) in [4.78, 5) is 35.5. The number of hydrogen-bond donors (Lipinski definition) is 2. The second-order valence-corrected chi connectivity index (χ2v) is 8.76. The highest BCUT2D eigenvalue weighted by Crippen LogP contribution is 2.37. The van der Waals surface area contributed by atoms with Gasteiger partial charge in [0, 0.05) is 23.5 Å². The Morgan fingerprint density at radius 3 is 2.54 bits per heavy atom. The molecule has 0 saturated heterocycles. The minimum absolute atomic E-state index is 0.0999. The van der Waals surface area contributed by atoms with Crippen molar-refractivity contribution in [3.05, 3.63) is 92.0 Å². The van der Waals surface area contributed by atoms with E-state index in [9.17, 15) is 25.0 Å². The lowest BCUT2D eigenvalue weighted by atomic mass is 10.1. The summed E-state index contributed by atoms with van der Waals surface area (Å²) in [5.41, 5.74) is 2.69. The van der Waals surface area contributed by atoms with Gasteiger partial charge in [0.05, 0.1) is 16.6 Å². The first-order valence-electron chi connectivity index (χ1n) is 11.7. The van der Waals surface area contributed by atoms with Crippen molar-refractivity contribution in [2.45, 2.75) is 20.8 Å². The van der Waals surface area contributed by atoms with E-state index in [4.69, 9.17) is 21.1 Å². The molecule has 39 heavy (non-hydrogen) atoms. The number of rotatable bonds is 10. The summed E-state index contributed by atoms with van der Waals surface area (Å²) >= 11 is 6.43. The molecule has 3 aromatic rings. The van der Waals surface area contributed by atoms with E-state index < -0.39 is 16.7 Å².